The lowest BCUT2D eigenvalue weighted by atomic mass is 10.0. The van der Waals surface area contributed by atoms with Gasteiger partial charge >= 0.3 is 0 Å². The Hall–Kier alpha value is -0.640. The monoisotopic (exact) mass is 228 g/mol. The normalized spacial score (nSPS) is 14.6. The molecule has 0 amide bonds. The number of thioether (sulfide) groups is 1. The van der Waals surface area contributed by atoms with Crippen molar-refractivity contribution in [1.29, 1.82) is 5.26 Å². The molecule has 1 atom stereocenters. The van der Waals surface area contributed by atoms with Gasteiger partial charge in [0.2, 0.25) is 0 Å². The Morgan fingerprint density at radius 3 is 3.14 bits per heavy atom. The van der Waals surface area contributed by atoms with E-state index in [4.69, 9.17) is 11.0 Å². The SMILES string of the molecule is CC(N)(C#N)CCCSc1ncns1. The van der Waals surface area contributed by atoms with E-state index < -0.39 is 5.54 Å². The highest BCUT2D eigenvalue weighted by molar-refractivity contribution is 8.00. The van der Waals surface area contributed by atoms with Crippen LogP contribution in [0.4, 0.5) is 0 Å². The first-order valence-corrected chi connectivity index (χ1v) is 5.99. The van der Waals surface area contributed by atoms with Crippen LogP contribution in [-0.4, -0.2) is 20.6 Å². The van der Waals surface area contributed by atoms with Crippen molar-refractivity contribution in [1.82, 2.24) is 9.36 Å². The molecule has 1 unspecified atom stereocenters. The predicted molar refractivity (Wildman–Crippen MR) is 58.1 cm³/mol. The Kier molecular flexibility index (Phi) is 4.32. The van der Waals surface area contributed by atoms with Crippen LogP contribution in [-0.2, 0) is 0 Å². The van der Waals surface area contributed by atoms with Crippen LogP contribution in [0.25, 0.3) is 0 Å². The lowest BCUT2D eigenvalue weighted by Gasteiger charge is -2.13. The summed E-state index contributed by atoms with van der Waals surface area (Å²) in [5.41, 5.74) is 4.99. The molecule has 0 saturated carbocycles. The molecule has 1 rings (SSSR count). The summed E-state index contributed by atoms with van der Waals surface area (Å²) in [7, 11) is 0. The largest absolute Gasteiger partial charge is 0.314 e. The number of aromatic nitrogens is 2. The Balaban J connectivity index is 2.15. The Morgan fingerprint density at radius 2 is 2.57 bits per heavy atom. The van der Waals surface area contributed by atoms with Crippen molar-refractivity contribution in [3.05, 3.63) is 6.33 Å². The minimum Gasteiger partial charge on any atom is -0.314 e. The van der Waals surface area contributed by atoms with E-state index in [-0.39, 0.29) is 0 Å². The summed E-state index contributed by atoms with van der Waals surface area (Å²) in [4.78, 5) is 4.04. The highest BCUT2D eigenvalue weighted by Crippen LogP contribution is 2.20. The fourth-order valence-electron chi connectivity index (χ4n) is 0.881. The van der Waals surface area contributed by atoms with Crippen LogP contribution in [0.15, 0.2) is 10.7 Å². The first-order chi connectivity index (χ1) is 6.64. The minimum atomic E-state index is -0.693. The number of nitrogens with two attached hydrogens (primary N) is 1. The summed E-state index contributed by atoms with van der Waals surface area (Å²) in [5.74, 6) is 0.934. The van der Waals surface area contributed by atoms with E-state index in [1.807, 2.05) is 0 Å². The average molecular weight is 228 g/mol. The van der Waals surface area contributed by atoms with Crippen LogP contribution in [0.5, 0.6) is 0 Å². The molecule has 1 aromatic heterocycles. The molecule has 4 nitrogen and oxygen atoms in total. The molecule has 1 aromatic rings. The molecule has 0 aliphatic rings. The highest BCUT2D eigenvalue weighted by Gasteiger charge is 2.16. The molecule has 1 heterocycles. The molecular formula is C8H12N4S2. The topological polar surface area (TPSA) is 75.6 Å². The van der Waals surface area contributed by atoms with Crippen molar-refractivity contribution >= 4 is 23.3 Å². The zero-order valence-electron chi connectivity index (χ0n) is 7.93. The van der Waals surface area contributed by atoms with Crippen molar-refractivity contribution < 1.29 is 0 Å². The van der Waals surface area contributed by atoms with Crippen molar-refractivity contribution in [3.8, 4) is 6.07 Å². The smallest absolute Gasteiger partial charge is 0.169 e. The number of hydrogen-bond acceptors (Lipinski definition) is 6. The quantitative estimate of drug-likeness (QED) is 0.612. The van der Waals surface area contributed by atoms with E-state index in [1.165, 1.54) is 11.5 Å². The maximum atomic E-state index is 8.68. The van der Waals surface area contributed by atoms with Gasteiger partial charge in [-0.3, -0.25) is 0 Å². The molecule has 6 heteroatoms. The van der Waals surface area contributed by atoms with Gasteiger partial charge in [-0.15, -0.1) is 0 Å². The zero-order chi connectivity index (χ0) is 10.4. The highest BCUT2D eigenvalue weighted by atomic mass is 32.2. The minimum absolute atomic E-state index is 0.693. The third kappa shape index (κ3) is 4.05. The van der Waals surface area contributed by atoms with Crippen LogP contribution in [0.1, 0.15) is 19.8 Å². The van der Waals surface area contributed by atoms with Crippen molar-refractivity contribution in [2.24, 2.45) is 5.73 Å². The lowest BCUT2D eigenvalue weighted by Crippen LogP contribution is -2.33. The van der Waals surface area contributed by atoms with E-state index >= 15 is 0 Å². The van der Waals surface area contributed by atoms with Crippen LogP contribution < -0.4 is 5.73 Å². The molecule has 14 heavy (non-hydrogen) atoms. The zero-order valence-corrected chi connectivity index (χ0v) is 9.57. The molecule has 0 aliphatic carbocycles. The first-order valence-electron chi connectivity index (χ1n) is 4.24. The number of nitriles is 1. The molecule has 0 aromatic carbocycles. The fourth-order valence-corrected chi connectivity index (χ4v) is 2.33. The van der Waals surface area contributed by atoms with E-state index in [2.05, 4.69) is 15.4 Å². The molecule has 0 spiro atoms. The molecule has 0 aliphatic heterocycles. The van der Waals surface area contributed by atoms with Crippen molar-refractivity contribution in [2.75, 3.05) is 5.75 Å². The molecule has 0 fully saturated rings. The summed E-state index contributed by atoms with van der Waals surface area (Å²) >= 11 is 3.05. The van der Waals surface area contributed by atoms with Gasteiger partial charge in [-0.05, 0) is 31.3 Å². The molecule has 76 valence electrons. The van der Waals surface area contributed by atoms with Gasteiger partial charge < -0.3 is 5.73 Å². The van der Waals surface area contributed by atoms with Gasteiger partial charge in [-0.1, -0.05) is 11.8 Å². The van der Waals surface area contributed by atoms with Gasteiger partial charge in [-0.2, -0.15) is 9.64 Å². The van der Waals surface area contributed by atoms with E-state index in [9.17, 15) is 0 Å². The van der Waals surface area contributed by atoms with Crippen LogP contribution >= 0.6 is 23.3 Å². The van der Waals surface area contributed by atoms with Crippen LogP contribution in [0, 0.1) is 11.3 Å². The van der Waals surface area contributed by atoms with Crippen LogP contribution in [0.3, 0.4) is 0 Å². The van der Waals surface area contributed by atoms with Gasteiger partial charge in [-0.25, -0.2) is 4.98 Å². The maximum Gasteiger partial charge on any atom is 0.169 e. The van der Waals surface area contributed by atoms with Gasteiger partial charge in [0, 0.05) is 5.75 Å². The maximum absolute atomic E-state index is 8.68. The Bertz CT molecular complexity index is 302. The summed E-state index contributed by atoms with van der Waals surface area (Å²) in [6.45, 7) is 1.75. The summed E-state index contributed by atoms with van der Waals surface area (Å²) in [6.07, 6.45) is 3.19. The lowest BCUT2D eigenvalue weighted by molar-refractivity contribution is 0.540. The van der Waals surface area contributed by atoms with E-state index in [0.29, 0.717) is 0 Å². The van der Waals surface area contributed by atoms with Crippen molar-refractivity contribution in [3.63, 3.8) is 0 Å². The standard InChI is InChI=1S/C8H12N4S2/c1-8(10,5-9)3-2-4-13-7-11-6-12-14-7/h6H,2-4,10H2,1H3. The Morgan fingerprint density at radius 1 is 1.79 bits per heavy atom. The van der Waals surface area contributed by atoms with Gasteiger partial charge in [0.25, 0.3) is 0 Å². The first kappa shape index (κ1) is 11.4. The third-order valence-corrected chi connectivity index (χ3v) is 3.55. The number of nitrogens with zero attached hydrogens (tertiary/aromatic N) is 3. The molecular weight excluding hydrogens is 216 g/mol. The molecule has 0 radical (unpaired) electrons. The average Bonchev–Trinajstić information content (AvgIpc) is 2.65. The van der Waals surface area contributed by atoms with Crippen molar-refractivity contribution in [2.45, 2.75) is 29.6 Å². The van der Waals surface area contributed by atoms with Crippen LogP contribution in [0.2, 0.25) is 0 Å². The summed E-state index contributed by atoms with van der Waals surface area (Å²) < 4.78 is 4.87. The second kappa shape index (κ2) is 5.29. The number of hydrogen-bond donors (Lipinski definition) is 1. The predicted octanol–water partition coefficient (Wildman–Crippen LogP) is 1.65. The molecule has 0 bridgehead atoms. The summed E-state index contributed by atoms with van der Waals surface area (Å²) in [6, 6.07) is 2.08. The van der Waals surface area contributed by atoms with Gasteiger partial charge in [0.05, 0.1) is 6.07 Å². The Labute approximate surface area is 91.7 Å². The molecule has 0 saturated heterocycles. The second-order valence-electron chi connectivity index (χ2n) is 3.19. The fraction of sp³-hybridized carbons (Fsp3) is 0.625. The van der Waals surface area contributed by atoms with Gasteiger partial charge in [0.1, 0.15) is 11.9 Å². The van der Waals surface area contributed by atoms with E-state index in [1.54, 1.807) is 25.0 Å². The second-order valence-corrected chi connectivity index (χ2v) is 5.31. The van der Waals surface area contributed by atoms with E-state index in [0.717, 1.165) is 22.9 Å². The number of rotatable bonds is 5. The third-order valence-electron chi connectivity index (χ3n) is 1.66. The summed E-state index contributed by atoms with van der Waals surface area (Å²) in [5, 5.41) is 8.68. The van der Waals surface area contributed by atoms with Gasteiger partial charge in [0.15, 0.2) is 4.34 Å². The molecule has 2 N–H and O–H groups in total.